The number of nitrogens with zero attached hydrogens (tertiary/aromatic N) is 4. The number of carbonyl (C=O) groups excluding carboxylic acids is 1. The first-order valence-electron chi connectivity index (χ1n) is 12.6. The molecular formula is C28H30F4N6O. The van der Waals surface area contributed by atoms with Gasteiger partial charge in [0.1, 0.15) is 11.8 Å². The van der Waals surface area contributed by atoms with E-state index in [1.165, 1.54) is 18.3 Å². The van der Waals surface area contributed by atoms with Crippen LogP contribution in [0.3, 0.4) is 0 Å². The molecule has 7 nitrogen and oxygen atoms in total. The first-order valence-corrected chi connectivity index (χ1v) is 12.6. The zero-order chi connectivity index (χ0) is 28.4. The highest BCUT2D eigenvalue weighted by atomic mass is 19.4. The molecule has 2 aromatic heterocycles. The quantitative estimate of drug-likeness (QED) is 0.433. The number of aromatic nitrogens is 2. The van der Waals surface area contributed by atoms with Crippen molar-refractivity contribution in [2.45, 2.75) is 37.4 Å². The minimum atomic E-state index is -4.56. The summed E-state index contributed by atoms with van der Waals surface area (Å²) in [6, 6.07) is 9.64. The number of rotatable bonds is 7. The summed E-state index contributed by atoms with van der Waals surface area (Å²) in [5, 5.41) is 15.6. The first-order chi connectivity index (χ1) is 18.5. The topological polar surface area (TPSA) is 86.0 Å². The predicted octanol–water partition coefficient (Wildman–Crippen LogP) is 4.38. The molecule has 11 heteroatoms. The molecule has 0 radical (unpaired) electrons. The highest BCUT2D eigenvalue weighted by Crippen LogP contribution is 2.40. The number of pyridine rings is 1. The summed E-state index contributed by atoms with van der Waals surface area (Å²) < 4.78 is 56.7. The molecule has 4 rings (SSSR count). The van der Waals surface area contributed by atoms with E-state index in [2.05, 4.69) is 15.6 Å². The third-order valence-electron chi connectivity index (χ3n) is 7.30. The third kappa shape index (κ3) is 5.61. The van der Waals surface area contributed by atoms with Crippen LogP contribution in [0.2, 0.25) is 0 Å². The summed E-state index contributed by atoms with van der Waals surface area (Å²) in [6.45, 7) is 2.93. The predicted molar refractivity (Wildman–Crippen MR) is 139 cm³/mol. The van der Waals surface area contributed by atoms with Crippen LogP contribution in [0.4, 0.5) is 23.2 Å². The minimum absolute atomic E-state index is 0.0935. The van der Waals surface area contributed by atoms with Gasteiger partial charge in [0.2, 0.25) is 5.91 Å². The molecule has 1 aliphatic heterocycles. The number of benzene rings is 1. The molecule has 1 atom stereocenters. The van der Waals surface area contributed by atoms with E-state index >= 15 is 4.39 Å². The molecule has 206 valence electrons. The lowest BCUT2D eigenvalue weighted by molar-refractivity contribution is -0.137. The van der Waals surface area contributed by atoms with Gasteiger partial charge in [0.15, 0.2) is 5.82 Å². The Bertz CT molecular complexity index is 1390. The smallest absolute Gasteiger partial charge is 0.370 e. The van der Waals surface area contributed by atoms with Gasteiger partial charge in [0.05, 0.1) is 27.9 Å². The first kappa shape index (κ1) is 28.1. The molecule has 2 N–H and O–H groups in total. The Morgan fingerprint density at radius 3 is 2.51 bits per heavy atom. The Labute approximate surface area is 224 Å². The fourth-order valence-electron chi connectivity index (χ4n) is 5.17. The second-order valence-corrected chi connectivity index (χ2v) is 9.90. The zero-order valence-corrected chi connectivity index (χ0v) is 21.9. The Hall–Kier alpha value is -3.91. The number of alkyl halides is 3. The van der Waals surface area contributed by atoms with E-state index in [1.807, 2.05) is 13.0 Å². The van der Waals surface area contributed by atoms with Crippen molar-refractivity contribution in [1.29, 1.82) is 5.26 Å². The van der Waals surface area contributed by atoms with Gasteiger partial charge in [-0.1, -0.05) is 0 Å². The Kier molecular flexibility index (Phi) is 7.97. The van der Waals surface area contributed by atoms with E-state index in [0.29, 0.717) is 23.5 Å². The molecule has 1 amide bonds. The van der Waals surface area contributed by atoms with E-state index in [9.17, 15) is 23.2 Å². The molecule has 1 fully saturated rings. The number of anilines is 1. The number of hydrogen-bond acceptors (Lipinski definition) is 5. The molecule has 0 spiro atoms. The normalized spacial score (nSPS) is 16.0. The van der Waals surface area contributed by atoms with Crippen LogP contribution in [0.1, 0.15) is 36.5 Å². The van der Waals surface area contributed by atoms with Crippen LogP contribution in [-0.4, -0.2) is 48.2 Å². The maximum absolute atomic E-state index is 15.4. The van der Waals surface area contributed by atoms with Crippen LogP contribution in [0.5, 0.6) is 0 Å². The molecular weight excluding hydrogens is 512 g/mol. The van der Waals surface area contributed by atoms with Crippen LogP contribution >= 0.6 is 0 Å². The van der Waals surface area contributed by atoms with Gasteiger partial charge in [-0.25, -0.2) is 4.39 Å². The van der Waals surface area contributed by atoms with Crippen molar-refractivity contribution in [1.82, 2.24) is 20.2 Å². The lowest BCUT2D eigenvalue weighted by Gasteiger charge is -2.42. The summed E-state index contributed by atoms with van der Waals surface area (Å²) in [5.74, 6) is -0.827. The van der Waals surface area contributed by atoms with Crippen LogP contribution in [0.25, 0.3) is 11.4 Å². The van der Waals surface area contributed by atoms with Crippen molar-refractivity contribution in [3.8, 4) is 17.5 Å². The average molecular weight is 543 g/mol. The molecule has 39 heavy (non-hydrogen) atoms. The highest BCUT2D eigenvalue weighted by molar-refractivity contribution is 5.89. The second-order valence-electron chi connectivity index (χ2n) is 9.90. The van der Waals surface area contributed by atoms with Gasteiger partial charge < -0.3 is 20.1 Å². The van der Waals surface area contributed by atoms with Crippen molar-refractivity contribution < 1.29 is 22.4 Å². The Morgan fingerprint density at radius 1 is 1.23 bits per heavy atom. The number of piperidine rings is 1. The number of halogens is 4. The number of hydrogen-bond donors (Lipinski definition) is 2. The van der Waals surface area contributed by atoms with Crippen molar-refractivity contribution >= 4 is 11.6 Å². The van der Waals surface area contributed by atoms with Gasteiger partial charge in [0, 0.05) is 45.1 Å². The zero-order valence-electron chi connectivity index (χ0n) is 21.9. The summed E-state index contributed by atoms with van der Waals surface area (Å²) in [7, 11) is 3.56. The fraction of sp³-hybridized carbons (Fsp3) is 0.393. The summed E-state index contributed by atoms with van der Waals surface area (Å²) in [4.78, 5) is 19.9. The van der Waals surface area contributed by atoms with Crippen molar-refractivity contribution in [3.63, 3.8) is 0 Å². The van der Waals surface area contributed by atoms with E-state index in [4.69, 9.17) is 0 Å². The standard InChI is InChI=1S/C28H30F4N6O/c1-18(16-34-2)36-26(39)27(21-14-22(29)25(35-17-21)24-5-4-10-37(24)3)8-11-38(12-9-27)23-7-6-20(28(30,31)32)13-19(23)15-33/h4-7,10,13-14,17-18,34H,8-9,11-12,16H2,1-3H3,(H,36,39)/t18-/m0/s1. The summed E-state index contributed by atoms with van der Waals surface area (Å²) >= 11 is 0. The molecule has 0 unspecified atom stereocenters. The van der Waals surface area contributed by atoms with Crippen LogP contribution in [0, 0.1) is 17.1 Å². The van der Waals surface area contributed by atoms with Crippen molar-refractivity contribution in [2.24, 2.45) is 7.05 Å². The molecule has 0 bridgehead atoms. The fourth-order valence-corrected chi connectivity index (χ4v) is 5.17. The SMILES string of the molecule is CNC[C@H](C)NC(=O)C1(c2cnc(-c3cccn3C)c(F)c2)CCN(c2ccc(C(F)(F)F)cc2C#N)CC1. The summed E-state index contributed by atoms with van der Waals surface area (Å²) in [6.07, 6.45) is -0.744. The number of carbonyl (C=O) groups is 1. The molecule has 1 saturated heterocycles. The Balaban J connectivity index is 1.67. The van der Waals surface area contributed by atoms with Crippen LogP contribution in [0.15, 0.2) is 48.8 Å². The largest absolute Gasteiger partial charge is 0.416 e. The summed E-state index contributed by atoms with van der Waals surface area (Å²) in [5.41, 5.74) is -0.535. The van der Waals surface area contributed by atoms with E-state index < -0.39 is 23.0 Å². The van der Waals surface area contributed by atoms with Gasteiger partial charge in [-0.05, 0) is 68.8 Å². The molecule has 3 aromatic rings. The average Bonchev–Trinajstić information content (AvgIpc) is 3.33. The van der Waals surface area contributed by atoms with E-state index in [1.54, 1.807) is 41.9 Å². The monoisotopic (exact) mass is 542 g/mol. The number of nitriles is 1. The molecule has 0 saturated carbocycles. The second kappa shape index (κ2) is 11.1. The lowest BCUT2D eigenvalue weighted by Crippen LogP contribution is -2.54. The van der Waals surface area contributed by atoms with Crippen molar-refractivity contribution in [3.05, 3.63) is 71.3 Å². The van der Waals surface area contributed by atoms with Gasteiger partial charge in [-0.15, -0.1) is 0 Å². The number of aryl methyl sites for hydroxylation is 1. The van der Waals surface area contributed by atoms with Gasteiger partial charge >= 0.3 is 6.18 Å². The molecule has 1 aromatic carbocycles. The maximum Gasteiger partial charge on any atom is 0.416 e. The van der Waals surface area contributed by atoms with E-state index in [-0.39, 0.29) is 49.1 Å². The van der Waals surface area contributed by atoms with Gasteiger partial charge in [-0.2, -0.15) is 18.4 Å². The van der Waals surface area contributed by atoms with Crippen LogP contribution < -0.4 is 15.5 Å². The molecule has 1 aliphatic rings. The Morgan fingerprint density at radius 2 is 1.95 bits per heavy atom. The lowest BCUT2D eigenvalue weighted by atomic mass is 9.72. The van der Waals surface area contributed by atoms with Crippen LogP contribution in [-0.2, 0) is 23.4 Å². The van der Waals surface area contributed by atoms with E-state index in [0.717, 1.165) is 12.1 Å². The van der Waals surface area contributed by atoms with Gasteiger partial charge in [-0.3, -0.25) is 9.78 Å². The molecule has 3 heterocycles. The van der Waals surface area contributed by atoms with Gasteiger partial charge in [0.25, 0.3) is 0 Å². The third-order valence-corrected chi connectivity index (χ3v) is 7.30. The maximum atomic E-state index is 15.4. The molecule has 0 aliphatic carbocycles. The number of nitrogens with one attached hydrogen (secondary N) is 2. The minimum Gasteiger partial charge on any atom is -0.370 e. The number of likely N-dealkylation sites (N-methyl/N-ethyl adjacent to an activating group) is 1. The number of amides is 1. The van der Waals surface area contributed by atoms with Crippen molar-refractivity contribution in [2.75, 3.05) is 31.6 Å². The highest BCUT2D eigenvalue weighted by Gasteiger charge is 2.44.